The summed E-state index contributed by atoms with van der Waals surface area (Å²) in [6, 6.07) is 7.00. The second-order valence-corrected chi connectivity index (χ2v) is 7.06. The molecule has 0 amide bonds. The van der Waals surface area contributed by atoms with Crippen molar-refractivity contribution in [2.24, 2.45) is 5.41 Å². The molecule has 3 aromatic rings. The molecule has 6 nitrogen and oxygen atoms in total. The van der Waals surface area contributed by atoms with Gasteiger partial charge in [0.25, 0.3) is 0 Å². The Kier molecular flexibility index (Phi) is 2.69. The molecule has 0 atom stereocenters. The third-order valence-corrected chi connectivity index (χ3v) is 5.63. The Morgan fingerprint density at radius 2 is 1.88 bits per heavy atom. The maximum absolute atomic E-state index is 11.3. The van der Waals surface area contributed by atoms with Gasteiger partial charge in [0.05, 0.1) is 22.8 Å². The number of aromatic nitrogens is 3. The van der Waals surface area contributed by atoms with E-state index in [1.54, 1.807) is 24.4 Å². The first kappa shape index (κ1) is 13.8. The number of hydrogen-bond acceptors (Lipinski definition) is 4. The lowest BCUT2D eigenvalue weighted by Gasteiger charge is -2.33. The van der Waals surface area contributed by atoms with Crippen LogP contribution in [0.3, 0.4) is 0 Å². The van der Waals surface area contributed by atoms with Crippen LogP contribution in [0.2, 0.25) is 0 Å². The van der Waals surface area contributed by atoms with Gasteiger partial charge in [-0.3, -0.25) is 0 Å². The van der Waals surface area contributed by atoms with E-state index in [0.29, 0.717) is 10.9 Å². The number of anilines is 1. The van der Waals surface area contributed by atoms with Crippen LogP contribution in [0, 0.1) is 5.41 Å². The smallest absolute Gasteiger partial charge is 0.335 e. The summed E-state index contributed by atoms with van der Waals surface area (Å²) in [6.07, 6.45) is 6.97. The topological polar surface area (TPSA) is 70.7 Å². The van der Waals surface area contributed by atoms with Gasteiger partial charge in [-0.1, -0.05) is 0 Å². The second kappa shape index (κ2) is 4.69. The first-order chi connectivity index (χ1) is 11.7. The largest absolute Gasteiger partial charge is 0.478 e. The highest BCUT2D eigenvalue weighted by molar-refractivity contribution is 5.93. The number of fused-ring (bicyclic) bond motifs is 3. The van der Waals surface area contributed by atoms with Crippen molar-refractivity contribution >= 4 is 28.3 Å². The van der Waals surface area contributed by atoms with E-state index in [0.717, 1.165) is 29.9 Å². The number of hydrogen-bond donors (Lipinski definition) is 1. The van der Waals surface area contributed by atoms with Crippen molar-refractivity contribution in [2.45, 2.75) is 25.7 Å². The number of nitrogens with zero attached hydrogens (tertiary/aromatic N) is 4. The zero-order valence-corrected chi connectivity index (χ0v) is 13.3. The van der Waals surface area contributed by atoms with Crippen LogP contribution in [0.4, 0.5) is 5.82 Å². The summed E-state index contributed by atoms with van der Waals surface area (Å²) in [5, 5.41) is 13.7. The number of carbonyl (C=O) groups is 1. The van der Waals surface area contributed by atoms with Gasteiger partial charge in [-0.2, -0.15) is 5.10 Å². The molecule has 5 rings (SSSR count). The number of piperidine rings is 1. The summed E-state index contributed by atoms with van der Waals surface area (Å²) in [4.78, 5) is 18.4. The summed E-state index contributed by atoms with van der Waals surface area (Å²) in [6.45, 7) is 2.02. The molecule has 1 N–H and O–H groups in total. The molecule has 0 bridgehead atoms. The minimum atomic E-state index is -0.936. The fourth-order valence-electron chi connectivity index (χ4n) is 3.86. The molecule has 1 aliphatic heterocycles. The van der Waals surface area contributed by atoms with Crippen LogP contribution >= 0.6 is 0 Å². The van der Waals surface area contributed by atoms with E-state index < -0.39 is 5.97 Å². The molecule has 1 aliphatic carbocycles. The van der Waals surface area contributed by atoms with Crippen LogP contribution in [0.5, 0.6) is 0 Å². The van der Waals surface area contributed by atoms with Crippen LogP contribution in [-0.4, -0.2) is 38.8 Å². The number of carboxylic acid groups (broad SMARTS) is 1. The summed E-state index contributed by atoms with van der Waals surface area (Å²) < 4.78 is 1.87. The van der Waals surface area contributed by atoms with Crippen LogP contribution in [0.1, 0.15) is 36.0 Å². The van der Waals surface area contributed by atoms with Crippen LogP contribution < -0.4 is 4.90 Å². The van der Waals surface area contributed by atoms with Gasteiger partial charge in [0.2, 0.25) is 0 Å². The standard InChI is InChI=1S/C18H18N4O2/c23-17(24)12-1-2-14-13(11-12)20-16(15-3-8-19-22(14)15)21-9-6-18(4-5-18)7-10-21/h1-3,8,11H,4-7,9-10H2,(H,23,24). The highest BCUT2D eigenvalue weighted by Crippen LogP contribution is 2.54. The molecule has 2 fully saturated rings. The van der Waals surface area contributed by atoms with E-state index in [9.17, 15) is 9.90 Å². The molecule has 2 aromatic heterocycles. The van der Waals surface area contributed by atoms with Crippen molar-refractivity contribution in [3.05, 3.63) is 36.0 Å². The first-order valence-corrected chi connectivity index (χ1v) is 8.41. The Bertz CT molecular complexity index is 964. The number of rotatable bonds is 2. The molecule has 0 radical (unpaired) electrons. The molecule has 24 heavy (non-hydrogen) atoms. The molecule has 1 spiro atoms. The van der Waals surface area contributed by atoms with E-state index in [4.69, 9.17) is 4.98 Å². The molecule has 2 aliphatic rings. The lowest BCUT2D eigenvalue weighted by Crippen LogP contribution is -2.35. The predicted octanol–water partition coefficient (Wildman–Crippen LogP) is 2.96. The summed E-state index contributed by atoms with van der Waals surface area (Å²) in [5.74, 6) is -0.0208. The predicted molar refractivity (Wildman–Crippen MR) is 90.6 cm³/mol. The third kappa shape index (κ3) is 1.99. The maximum atomic E-state index is 11.3. The fraction of sp³-hybridized carbons (Fsp3) is 0.389. The number of carboxylic acids is 1. The van der Waals surface area contributed by atoms with Crippen molar-refractivity contribution < 1.29 is 9.90 Å². The van der Waals surface area contributed by atoms with Gasteiger partial charge in [0.15, 0.2) is 5.82 Å². The second-order valence-electron chi connectivity index (χ2n) is 7.06. The number of benzene rings is 1. The molecule has 6 heteroatoms. The van der Waals surface area contributed by atoms with Crippen molar-refractivity contribution in [1.29, 1.82) is 0 Å². The monoisotopic (exact) mass is 322 g/mol. The lowest BCUT2D eigenvalue weighted by atomic mass is 9.94. The van der Waals surface area contributed by atoms with E-state index in [1.165, 1.54) is 25.7 Å². The van der Waals surface area contributed by atoms with E-state index in [2.05, 4.69) is 10.00 Å². The molecule has 1 saturated carbocycles. The summed E-state index contributed by atoms with van der Waals surface area (Å²) >= 11 is 0. The first-order valence-electron chi connectivity index (χ1n) is 8.41. The van der Waals surface area contributed by atoms with Crippen LogP contribution in [0.25, 0.3) is 16.6 Å². The van der Waals surface area contributed by atoms with Crippen molar-refractivity contribution in [3.63, 3.8) is 0 Å². The minimum absolute atomic E-state index is 0.253. The van der Waals surface area contributed by atoms with Crippen molar-refractivity contribution in [3.8, 4) is 0 Å². The van der Waals surface area contributed by atoms with Gasteiger partial charge >= 0.3 is 5.97 Å². The number of aromatic carboxylic acids is 1. The zero-order valence-electron chi connectivity index (χ0n) is 13.3. The molecule has 1 aromatic carbocycles. The molecular weight excluding hydrogens is 304 g/mol. The quantitative estimate of drug-likeness (QED) is 0.785. The molecular formula is C18H18N4O2. The Balaban J connectivity index is 1.65. The van der Waals surface area contributed by atoms with Gasteiger partial charge in [0.1, 0.15) is 5.52 Å². The van der Waals surface area contributed by atoms with Crippen LogP contribution in [-0.2, 0) is 0 Å². The zero-order chi connectivity index (χ0) is 16.3. The summed E-state index contributed by atoms with van der Waals surface area (Å²) in [5.41, 5.74) is 3.35. The highest BCUT2D eigenvalue weighted by Gasteiger charge is 2.44. The van der Waals surface area contributed by atoms with Gasteiger partial charge in [0, 0.05) is 13.1 Å². The Morgan fingerprint density at radius 3 is 2.58 bits per heavy atom. The Hall–Kier alpha value is -2.63. The Labute approximate surface area is 138 Å². The average Bonchev–Trinajstić information content (AvgIpc) is 3.16. The fourth-order valence-corrected chi connectivity index (χ4v) is 3.86. The maximum Gasteiger partial charge on any atom is 0.335 e. The van der Waals surface area contributed by atoms with Gasteiger partial charge in [-0.25, -0.2) is 14.3 Å². The van der Waals surface area contributed by atoms with E-state index >= 15 is 0 Å². The third-order valence-electron chi connectivity index (χ3n) is 5.63. The average molecular weight is 322 g/mol. The molecule has 122 valence electrons. The van der Waals surface area contributed by atoms with Crippen molar-refractivity contribution in [2.75, 3.05) is 18.0 Å². The Morgan fingerprint density at radius 1 is 1.08 bits per heavy atom. The normalized spacial score (nSPS) is 19.2. The van der Waals surface area contributed by atoms with E-state index in [-0.39, 0.29) is 5.56 Å². The summed E-state index contributed by atoms with van der Waals surface area (Å²) in [7, 11) is 0. The van der Waals surface area contributed by atoms with Gasteiger partial charge in [-0.05, 0) is 55.4 Å². The molecule has 3 heterocycles. The molecule has 1 saturated heterocycles. The van der Waals surface area contributed by atoms with Gasteiger partial charge < -0.3 is 10.0 Å². The van der Waals surface area contributed by atoms with Gasteiger partial charge in [-0.15, -0.1) is 0 Å². The van der Waals surface area contributed by atoms with Crippen molar-refractivity contribution in [1.82, 2.24) is 14.6 Å². The minimum Gasteiger partial charge on any atom is -0.478 e. The molecule has 0 unspecified atom stereocenters. The SMILES string of the molecule is O=C(O)c1ccc2c(c1)nc(N1CCC3(CC1)CC3)c1ccnn12. The lowest BCUT2D eigenvalue weighted by molar-refractivity contribution is 0.0697. The van der Waals surface area contributed by atoms with Crippen LogP contribution in [0.15, 0.2) is 30.5 Å². The van der Waals surface area contributed by atoms with E-state index in [1.807, 2.05) is 10.6 Å². The highest BCUT2D eigenvalue weighted by atomic mass is 16.4.